The molecule has 3 heterocycles. The second kappa shape index (κ2) is 6.12. The first-order valence-electron chi connectivity index (χ1n) is 6.94. The summed E-state index contributed by atoms with van der Waals surface area (Å²) in [5, 5.41) is 0.929. The number of carbonyl (C=O) groups is 1. The van der Waals surface area contributed by atoms with Gasteiger partial charge in [0.15, 0.2) is 0 Å². The molecular weight excluding hydrogens is 290 g/mol. The molecule has 0 aromatic carbocycles. The van der Waals surface area contributed by atoms with E-state index in [1.54, 1.807) is 12.4 Å². The Kier molecular flexibility index (Phi) is 3.85. The molecule has 3 aromatic heterocycles. The average molecular weight is 303 g/mol. The fourth-order valence-corrected chi connectivity index (χ4v) is 2.31. The van der Waals surface area contributed by atoms with Crippen molar-refractivity contribution in [2.24, 2.45) is 5.73 Å². The number of aromatic amines is 1. The number of nitrogens with zero attached hydrogens (tertiary/aromatic N) is 3. The van der Waals surface area contributed by atoms with Crippen molar-refractivity contribution in [3.63, 3.8) is 0 Å². The number of hydrogen-bond acceptors (Lipinski definition) is 3. The molecule has 6 nitrogen and oxygen atoms in total. The van der Waals surface area contributed by atoms with E-state index in [0.29, 0.717) is 6.42 Å². The molecule has 112 valence electrons. The number of aromatic nitrogens is 3. The van der Waals surface area contributed by atoms with Crippen molar-refractivity contribution in [2.75, 3.05) is 0 Å². The SMILES string of the molecule is [C-]#[N+]/C(=C\Cc1c[nH]c2ncc(-c3ccccn3)cc12)C(N)=O. The molecule has 0 radical (unpaired) electrons. The van der Waals surface area contributed by atoms with Gasteiger partial charge in [0.05, 0.1) is 12.3 Å². The fraction of sp³-hybridized carbons (Fsp3) is 0.0588. The number of rotatable bonds is 4. The van der Waals surface area contributed by atoms with E-state index < -0.39 is 5.91 Å². The Morgan fingerprint density at radius 1 is 1.39 bits per heavy atom. The van der Waals surface area contributed by atoms with Crippen LogP contribution in [-0.2, 0) is 11.2 Å². The Labute approximate surface area is 132 Å². The lowest BCUT2D eigenvalue weighted by Crippen LogP contribution is -2.11. The second-order valence-electron chi connectivity index (χ2n) is 4.92. The normalized spacial score (nSPS) is 11.3. The molecule has 3 N–H and O–H groups in total. The molecule has 0 saturated heterocycles. The van der Waals surface area contributed by atoms with Gasteiger partial charge in [0.2, 0.25) is 11.6 Å². The Hall–Kier alpha value is -3.46. The van der Waals surface area contributed by atoms with E-state index in [-0.39, 0.29) is 5.70 Å². The number of allylic oxidation sites excluding steroid dienone is 1. The number of nitrogens with two attached hydrogens (primary N) is 1. The zero-order chi connectivity index (χ0) is 16.2. The van der Waals surface area contributed by atoms with Crippen LogP contribution in [0.25, 0.3) is 27.1 Å². The highest BCUT2D eigenvalue weighted by molar-refractivity contribution is 5.94. The standard InChI is InChI=1S/C17H13N5O/c1-19-15(16(18)23)6-5-11-9-21-17-13(11)8-12(10-22-17)14-4-2-3-7-20-14/h2-4,6-10H,5H2,(H2,18,23)(H,21,22)/b15-6-. The van der Waals surface area contributed by atoms with Gasteiger partial charge in [0, 0.05) is 29.5 Å². The lowest BCUT2D eigenvalue weighted by molar-refractivity contribution is -0.114. The minimum atomic E-state index is -0.716. The fourth-order valence-electron chi connectivity index (χ4n) is 2.31. The molecule has 3 rings (SSSR count). The minimum absolute atomic E-state index is 0.0619. The van der Waals surface area contributed by atoms with Gasteiger partial charge in [-0.15, -0.1) is 0 Å². The van der Waals surface area contributed by atoms with E-state index in [1.165, 1.54) is 6.08 Å². The number of hydrogen-bond donors (Lipinski definition) is 2. The van der Waals surface area contributed by atoms with E-state index >= 15 is 0 Å². The topological polar surface area (TPSA) is 89.0 Å². The number of H-pyrrole nitrogens is 1. The van der Waals surface area contributed by atoms with Crippen molar-refractivity contribution in [3.8, 4) is 11.3 Å². The number of primary amides is 1. The van der Waals surface area contributed by atoms with E-state index in [1.807, 2.05) is 30.5 Å². The number of carbonyl (C=O) groups excluding carboxylic acids is 1. The highest BCUT2D eigenvalue weighted by Crippen LogP contribution is 2.24. The molecule has 6 heteroatoms. The number of amides is 1. The molecule has 0 atom stereocenters. The minimum Gasteiger partial charge on any atom is -0.375 e. The van der Waals surface area contributed by atoms with Gasteiger partial charge in [0.25, 0.3) is 0 Å². The lowest BCUT2D eigenvalue weighted by atomic mass is 10.1. The first kappa shape index (κ1) is 14.5. The van der Waals surface area contributed by atoms with E-state index in [2.05, 4.69) is 19.8 Å². The Bertz CT molecular complexity index is 935. The van der Waals surface area contributed by atoms with Gasteiger partial charge in [-0.1, -0.05) is 12.1 Å². The Morgan fingerprint density at radius 3 is 2.96 bits per heavy atom. The van der Waals surface area contributed by atoms with Crippen LogP contribution in [0.5, 0.6) is 0 Å². The predicted molar refractivity (Wildman–Crippen MR) is 86.9 cm³/mol. The number of fused-ring (bicyclic) bond motifs is 1. The summed E-state index contributed by atoms with van der Waals surface area (Å²) >= 11 is 0. The average Bonchev–Trinajstić information content (AvgIpc) is 2.98. The van der Waals surface area contributed by atoms with E-state index in [9.17, 15) is 4.79 Å². The van der Waals surface area contributed by atoms with Crippen molar-refractivity contribution < 1.29 is 4.79 Å². The van der Waals surface area contributed by atoms with Gasteiger partial charge < -0.3 is 10.7 Å². The van der Waals surface area contributed by atoms with Crippen molar-refractivity contribution in [3.05, 3.63) is 71.6 Å². The summed E-state index contributed by atoms with van der Waals surface area (Å²) in [6.45, 7) is 6.96. The molecule has 0 bridgehead atoms. The maximum Gasteiger partial charge on any atom is 0.247 e. The molecule has 0 saturated carbocycles. The van der Waals surface area contributed by atoms with Crippen LogP contribution in [0.2, 0.25) is 0 Å². The second-order valence-corrected chi connectivity index (χ2v) is 4.92. The van der Waals surface area contributed by atoms with Crippen LogP contribution in [-0.4, -0.2) is 20.9 Å². The van der Waals surface area contributed by atoms with Crippen LogP contribution < -0.4 is 5.73 Å². The van der Waals surface area contributed by atoms with Crippen molar-refractivity contribution in [1.82, 2.24) is 15.0 Å². The van der Waals surface area contributed by atoms with Crippen LogP contribution in [0.15, 0.2) is 54.6 Å². The Balaban J connectivity index is 2.00. The maximum atomic E-state index is 11.1. The summed E-state index contributed by atoms with van der Waals surface area (Å²) in [5.41, 5.74) is 8.52. The molecule has 0 fully saturated rings. The molecule has 0 aliphatic carbocycles. The van der Waals surface area contributed by atoms with Crippen LogP contribution in [0, 0.1) is 6.57 Å². The smallest absolute Gasteiger partial charge is 0.247 e. The van der Waals surface area contributed by atoms with E-state index in [0.717, 1.165) is 27.9 Å². The summed E-state index contributed by atoms with van der Waals surface area (Å²) in [6.07, 6.45) is 7.27. The van der Waals surface area contributed by atoms with Crippen LogP contribution in [0.3, 0.4) is 0 Å². The van der Waals surface area contributed by atoms with Crippen molar-refractivity contribution >= 4 is 16.9 Å². The Morgan fingerprint density at radius 2 is 2.26 bits per heavy atom. The van der Waals surface area contributed by atoms with Gasteiger partial charge >= 0.3 is 0 Å². The molecule has 0 unspecified atom stereocenters. The third-order valence-electron chi connectivity index (χ3n) is 3.47. The van der Waals surface area contributed by atoms with Crippen LogP contribution >= 0.6 is 0 Å². The first-order valence-corrected chi connectivity index (χ1v) is 6.94. The van der Waals surface area contributed by atoms with Gasteiger partial charge in [-0.2, -0.15) is 0 Å². The summed E-state index contributed by atoms with van der Waals surface area (Å²) in [5.74, 6) is -0.716. The van der Waals surface area contributed by atoms with Gasteiger partial charge in [-0.3, -0.25) is 9.78 Å². The van der Waals surface area contributed by atoms with Crippen molar-refractivity contribution in [2.45, 2.75) is 6.42 Å². The molecule has 3 aromatic rings. The molecule has 0 spiro atoms. The largest absolute Gasteiger partial charge is 0.375 e. The number of pyridine rings is 2. The molecule has 0 aliphatic heterocycles. The summed E-state index contributed by atoms with van der Waals surface area (Å²) < 4.78 is 0. The molecule has 0 aliphatic rings. The monoisotopic (exact) mass is 303 g/mol. The zero-order valence-electron chi connectivity index (χ0n) is 12.2. The third kappa shape index (κ3) is 2.94. The van der Waals surface area contributed by atoms with Gasteiger partial charge in [0.1, 0.15) is 5.65 Å². The molecule has 1 amide bonds. The summed E-state index contributed by atoms with van der Waals surface area (Å²) in [4.78, 5) is 26.0. The highest BCUT2D eigenvalue weighted by atomic mass is 16.1. The summed E-state index contributed by atoms with van der Waals surface area (Å²) in [7, 11) is 0. The van der Waals surface area contributed by atoms with E-state index in [4.69, 9.17) is 12.3 Å². The molecule has 23 heavy (non-hydrogen) atoms. The predicted octanol–water partition coefficient (Wildman–Crippen LogP) is 2.46. The van der Waals surface area contributed by atoms with Crippen LogP contribution in [0.1, 0.15) is 5.56 Å². The first-order chi connectivity index (χ1) is 11.2. The lowest BCUT2D eigenvalue weighted by Gasteiger charge is -2.01. The zero-order valence-corrected chi connectivity index (χ0v) is 12.2. The van der Waals surface area contributed by atoms with Crippen LogP contribution in [0.4, 0.5) is 0 Å². The molecular formula is C17H13N5O. The van der Waals surface area contributed by atoms with Crippen molar-refractivity contribution in [1.29, 1.82) is 0 Å². The number of nitrogens with one attached hydrogen (secondary N) is 1. The van der Waals surface area contributed by atoms with Gasteiger partial charge in [-0.05, 0) is 30.2 Å². The maximum absolute atomic E-state index is 11.1. The highest BCUT2D eigenvalue weighted by Gasteiger charge is 2.09. The quantitative estimate of drug-likeness (QED) is 0.573. The third-order valence-corrected chi connectivity index (χ3v) is 3.47. The van der Waals surface area contributed by atoms with Gasteiger partial charge in [-0.25, -0.2) is 9.83 Å². The summed E-state index contributed by atoms with van der Waals surface area (Å²) in [6, 6.07) is 7.69.